The molecule has 0 amide bonds. The van der Waals surface area contributed by atoms with Crippen LogP contribution in [0, 0.1) is 0 Å². The molecule has 0 saturated heterocycles. The van der Waals surface area contributed by atoms with Crippen molar-refractivity contribution in [3.63, 3.8) is 0 Å². The normalized spacial score (nSPS) is 11.2. The van der Waals surface area contributed by atoms with Gasteiger partial charge >= 0.3 is 12.1 Å². The Balaban J connectivity index is 1.83. The molecule has 2 heterocycles. The van der Waals surface area contributed by atoms with Crippen LogP contribution < -0.4 is 4.74 Å². The second kappa shape index (κ2) is 7.91. The first-order valence-corrected chi connectivity index (χ1v) is 7.00. The first kappa shape index (κ1) is 17.9. The van der Waals surface area contributed by atoms with Gasteiger partial charge in [0.05, 0.1) is 36.7 Å². The molecule has 0 N–H and O–H groups in total. The van der Waals surface area contributed by atoms with Gasteiger partial charge in [0.1, 0.15) is 11.8 Å². The molecule has 0 atom stereocenters. The first-order chi connectivity index (χ1) is 11.3. The minimum absolute atomic E-state index is 0.0145. The molecule has 10 heteroatoms. The number of halogens is 4. The Hall–Kier alpha value is -2.42. The van der Waals surface area contributed by atoms with Gasteiger partial charge in [-0.15, -0.1) is 0 Å². The van der Waals surface area contributed by atoms with Crippen molar-refractivity contribution >= 4 is 17.6 Å². The lowest BCUT2D eigenvalue weighted by Gasteiger charge is -2.08. The summed E-state index contributed by atoms with van der Waals surface area (Å²) in [4.78, 5) is 23.3. The number of esters is 1. The van der Waals surface area contributed by atoms with Gasteiger partial charge in [-0.3, -0.25) is 4.98 Å². The fraction of sp³-hybridized carbons (Fsp3) is 0.286. The van der Waals surface area contributed by atoms with Crippen LogP contribution in [0.2, 0.25) is 5.15 Å². The lowest BCUT2D eigenvalue weighted by atomic mass is 10.3. The highest BCUT2D eigenvalue weighted by atomic mass is 35.5. The van der Waals surface area contributed by atoms with Crippen LogP contribution in [0.25, 0.3) is 0 Å². The van der Waals surface area contributed by atoms with Crippen molar-refractivity contribution in [1.29, 1.82) is 0 Å². The molecule has 0 unspecified atom stereocenters. The molecule has 6 nitrogen and oxygen atoms in total. The van der Waals surface area contributed by atoms with Crippen LogP contribution >= 0.6 is 11.6 Å². The van der Waals surface area contributed by atoms with Gasteiger partial charge in [-0.1, -0.05) is 11.6 Å². The van der Waals surface area contributed by atoms with Crippen molar-refractivity contribution in [2.24, 2.45) is 0 Å². The molecule has 2 aromatic heterocycles. The van der Waals surface area contributed by atoms with Crippen molar-refractivity contribution in [2.75, 3.05) is 6.61 Å². The lowest BCUT2D eigenvalue weighted by Crippen LogP contribution is -2.13. The number of carbonyl (C=O) groups excluding carboxylic acids is 1. The van der Waals surface area contributed by atoms with E-state index < -0.39 is 25.2 Å². The molecule has 0 saturated carbocycles. The highest BCUT2D eigenvalue weighted by Crippen LogP contribution is 2.19. The Kier molecular flexibility index (Phi) is 5.91. The fourth-order valence-electron chi connectivity index (χ4n) is 1.49. The molecule has 0 spiro atoms. The monoisotopic (exact) mass is 361 g/mol. The highest BCUT2D eigenvalue weighted by molar-refractivity contribution is 6.29. The zero-order valence-corrected chi connectivity index (χ0v) is 12.8. The summed E-state index contributed by atoms with van der Waals surface area (Å²) in [7, 11) is 0. The standard InChI is InChI=1S/C14H11ClF3N3O3/c15-11-7-19-10(6-20-11)8-24-13(22)9-1-2-12(21-5-9)23-4-3-14(16,17)18/h1-2,5-7H,3-4,8H2. The third-order valence-corrected chi connectivity index (χ3v) is 2.83. The van der Waals surface area contributed by atoms with E-state index in [2.05, 4.69) is 15.0 Å². The van der Waals surface area contributed by atoms with Crippen molar-refractivity contribution in [3.8, 4) is 5.88 Å². The molecule has 2 aromatic rings. The summed E-state index contributed by atoms with van der Waals surface area (Å²) >= 11 is 5.58. The number of rotatable bonds is 6. The quantitative estimate of drug-likeness (QED) is 0.735. The molecule has 0 aliphatic heterocycles. The maximum atomic E-state index is 12.0. The zero-order valence-electron chi connectivity index (χ0n) is 12.1. The Morgan fingerprint density at radius 3 is 2.50 bits per heavy atom. The Morgan fingerprint density at radius 2 is 1.92 bits per heavy atom. The Bertz CT molecular complexity index is 678. The number of alkyl halides is 3. The zero-order chi connectivity index (χ0) is 17.6. The van der Waals surface area contributed by atoms with Crippen molar-refractivity contribution in [3.05, 3.63) is 47.1 Å². The molecular formula is C14H11ClF3N3O3. The van der Waals surface area contributed by atoms with Crippen LogP contribution in [-0.2, 0) is 11.3 Å². The average molecular weight is 362 g/mol. The average Bonchev–Trinajstić information content (AvgIpc) is 2.53. The molecule has 24 heavy (non-hydrogen) atoms. The smallest absolute Gasteiger partial charge is 0.392 e. The summed E-state index contributed by atoms with van der Waals surface area (Å²) in [5.41, 5.74) is 0.535. The number of ether oxygens (including phenoxy) is 2. The topological polar surface area (TPSA) is 74.2 Å². The predicted octanol–water partition coefficient (Wildman–Crippen LogP) is 3.21. The second-order valence-electron chi connectivity index (χ2n) is 4.51. The molecule has 0 bridgehead atoms. The van der Waals surface area contributed by atoms with E-state index in [1.807, 2.05) is 0 Å². The minimum Gasteiger partial charge on any atom is -0.477 e. The van der Waals surface area contributed by atoms with E-state index in [4.69, 9.17) is 21.1 Å². The van der Waals surface area contributed by atoms with Crippen molar-refractivity contribution in [1.82, 2.24) is 15.0 Å². The van der Waals surface area contributed by atoms with E-state index in [1.165, 1.54) is 24.5 Å². The fourth-order valence-corrected chi connectivity index (χ4v) is 1.59. The predicted molar refractivity (Wildman–Crippen MR) is 76.6 cm³/mol. The van der Waals surface area contributed by atoms with E-state index in [9.17, 15) is 18.0 Å². The SMILES string of the molecule is O=C(OCc1cnc(Cl)cn1)c1ccc(OCCC(F)(F)F)nc1. The molecule has 0 aromatic carbocycles. The van der Waals surface area contributed by atoms with Crippen molar-refractivity contribution in [2.45, 2.75) is 19.2 Å². The van der Waals surface area contributed by atoms with Gasteiger partial charge in [0.25, 0.3) is 0 Å². The third kappa shape index (κ3) is 5.99. The summed E-state index contributed by atoms with van der Waals surface area (Å²) in [6, 6.07) is 2.63. The van der Waals surface area contributed by atoms with Crippen LogP contribution in [-0.4, -0.2) is 33.7 Å². The number of hydrogen-bond donors (Lipinski definition) is 0. The summed E-state index contributed by atoms with van der Waals surface area (Å²) in [6.07, 6.45) is -1.54. The van der Waals surface area contributed by atoms with Gasteiger partial charge in [0.2, 0.25) is 5.88 Å². The Morgan fingerprint density at radius 1 is 1.12 bits per heavy atom. The molecule has 0 fully saturated rings. The molecule has 0 aliphatic carbocycles. The van der Waals surface area contributed by atoms with Crippen LogP contribution in [0.4, 0.5) is 13.2 Å². The maximum Gasteiger partial charge on any atom is 0.392 e. The molecule has 2 rings (SSSR count). The number of aromatic nitrogens is 3. The molecule has 0 aliphatic rings. The van der Waals surface area contributed by atoms with Gasteiger partial charge in [0.15, 0.2) is 0 Å². The molecule has 128 valence electrons. The summed E-state index contributed by atoms with van der Waals surface area (Å²) in [5, 5.41) is 0.218. The summed E-state index contributed by atoms with van der Waals surface area (Å²) in [6.45, 7) is -0.650. The van der Waals surface area contributed by atoms with Crippen LogP contribution in [0.5, 0.6) is 5.88 Å². The molecular weight excluding hydrogens is 351 g/mol. The van der Waals surface area contributed by atoms with E-state index in [0.29, 0.717) is 5.69 Å². The van der Waals surface area contributed by atoms with Crippen LogP contribution in [0.3, 0.4) is 0 Å². The van der Waals surface area contributed by atoms with E-state index in [0.717, 1.165) is 6.20 Å². The number of carbonyl (C=O) groups is 1. The number of pyridine rings is 1. The van der Waals surface area contributed by atoms with Gasteiger partial charge in [-0.2, -0.15) is 13.2 Å². The highest BCUT2D eigenvalue weighted by Gasteiger charge is 2.26. The first-order valence-electron chi connectivity index (χ1n) is 6.62. The minimum atomic E-state index is -4.30. The summed E-state index contributed by atoms with van der Waals surface area (Å²) in [5.74, 6) is -0.680. The van der Waals surface area contributed by atoms with Gasteiger partial charge in [-0.25, -0.2) is 14.8 Å². The van der Waals surface area contributed by atoms with Crippen LogP contribution in [0.1, 0.15) is 22.5 Å². The van der Waals surface area contributed by atoms with Crippen LogP contribution in [0.15, 0.2) is 30.7 Å². The van der Waals surface area contributed by atoms with Gasteiger partial charge in [-0.05, 0) is 6.07 Å². The van der Waals surface area contributed by atoms with E-state index in [-0.39, 0.29) is 23.2 Å². The maximum absolute atomic E-state index is 12.0. The van der Waals surface area contributed by atoms with E-state index >= 15 is 0 Å². The second-order valence-corrected chi connectivity index (χ2v) is 4.89. The number of hydrogen-bond acceptors (Lipinski definition) is 6. The van der Waals surface area contributed by atoms with Gasteiger partial charge < -0.3 is 9.47 Å². The number of nitrogens with zero attached hydrogens (tertiary/aromatic N) is 3. The third-order valence-electron chi connectivity index (χ3n) is 2.63. The summed E-state index contributed by atoms with van der Waals surface area (Å²) < 4.78 is 45.8. The Labute approximate surface area is 139 Å². The largest absolute Gasteiger partial charge is 0.477 e. The van der Waals surface area contributed by atoms with Crippen molar-refractivity contribution < 1.29 is 27.4 Å². The lowest BCUT2D eigenvalue weighted by molar-refractivity contribution is -0.139. The molecule has 0 radical (unpaired) electrons. The van der Waals surface area contributed by atoms with Gasteiger partial charge in [0, 0.05) is 12.3 Å². The van der Waals surface area contributed by atoms with E-state index in [1.54, 1.807) is 0 Å².